The standard InChI is InChI=1S/C21H37N5S/c1-3-22-21(23-11-15-26-13-5-4-6-14-26)24-17-18-9-7-12-25(2)20(18)19-10-8-16-27-19/h8,10,16,18,20H,3-7,9,11-15,17H2,1-2H3,(H2,22,23,24). The fourth-order valence-electron chi connectivity index (χ4n) is 4.43. The van der Waals surface area contributed by atoms with Gasteiger partial charge in [0.2, 0.25) is 0 Å². The predicted molar refractivity (Wildman–Crippen MR) is 117 cm³/mol. The van der Waals surface area contributed by atoms with Crippen molar-refractivity contribution in [3.63, 3.8) is 0 Å². The van der Waals surface area contributed by atoms with Gasteiger partial charge in [-0.25, -0.2) is 0 Å². The van der Waals surface area contributed by atoms with E-state index >= 15 is 0 Å². The zero-order chi connectivity index (χ0) is 18.9. The molecule has 2 unspecified atom stereocenters. The highest BCUT2D eigenvalue weighted by molar-refractivity contribution is 7.10. The summed E-state index contributed by atoms with van der Waals surface area (Å²) in [5, 5.41) is 9.18. The van der Waals surface area contributed by atoms with E-state index < -0.39 is 0 Å². The molecular weight excluding hydrogens is 354 g/mol. The van der Waals surface area contributed by atoms with Gasteiger partial charge in [0.15, 0.2) is 5.96 Å². The van der Waals surface area contributed by atoms with Crippen LogP contribution in [0.3, 0.4) is 0 Å². The van der Waals surface area contributed by atoms with Crippen LogP contribution in [0.25, 0.3) is 0 Å². The number of nitrogens with one attached hydrogen (secondary N) is 2. The van der Waals surface area contributed by atoms with Crippen LogP contribution < -0.4 is 10.6 Å². The molecule has 2 aliphatic heterocycles. The molecule has 152 valence electrons. The summed E-state index contributed by atoms with van der Waals surface area (Å²) in [6, 6.07) is 4.98. The fraction of sp³-hybridized carbons (Fsp3) is 0.762. The maximum Gasteiger partial charge on any atom is 0.191 e. The van der Waals surface area contributed by atoms with Crippen molar-refractivity contribution in [2.75, 3.05) is 52.9 Å². The van der Waals surface area contributed by atoms with E-state index in [1.54, 1.807) is 0 Å². The summed E-state index contributed by atoms with van der Waals surface area (Å²) < 4.78 is 0. The Morgan fingerprint density at radius 3 is 2.78 bits per heavy atom. The Balaban J connectivity index is 1.54. The number of nitrogens with zero attached hydrogens (tertiary/aromatic N) is 3. The molecule has 0 saturated carbocycles. The average molecular weight is 392 g/mol. The molecule has 27 heavy (non-hydrogen) atoms. The molecule has 0 radical (unpaired) electrons. The molecule has 3 rings (SSSR count). The van der Waals surface area contributed by atoms with Gasteiger partial charge >= 0.3 is 0 Å². The van der Waals surface area contributed by atoms with E-state index in [0.29, 0.717) is 12.0 Å². The largest absolute Gasteiger partial charge is 0.357 e. The zero-order valence-corrected chi connectivity index (χ0v) is 17.9. The molecule has 2 N–H and O–H groups in total. The summed E-state index contributed by atoms with van der Waals surface area (Å²) >= 11 is 1.88. The van der Waals surface area contributed by atoms with Gasteiger partial charge in [0.1, 0.15) is 0 Å². The van der Waals surface area contributed by atoms with E-state index in [9.17, 15) is 0 Å². The number of hydrogen-bond donors (Lipinski definition) is 2. The lowest BCUT2D eigenvalue weighted by atomic mass is 9.88. The summed E-state index contributed by atoms with van der Waals surface area (Å²) in [6.07, 6.45) is 6.65. The number of hydrogen-bond acceptors (Lipinski definition) is 4. The molecule has 0 amide bonds. The third-order valence-corrected chi connectivity index (χ3v) is 6.78. The van der Waals surface area contributed by atoms with Gasteiger partial charge in [0, 0.05) is 37.1 Å². The number of aliphatic imine (C=N–C) groups is 1. The van der Waals surface area contributed by atoms with E-state index in [-0.39, 0.29) is 0 Å². The van der Waals surface area contributed by atoms with Crippen molar-refractivity contribution < 1.29 is 0 Å². The molecule has 0 bridgehead atoms. The molecule has 1 aromatic heterocycles. The predicted octanol–water partition coefficient (Wildman–Crippen LogP) is 3.17. The van der Waals surface area contributed by atoms with Crippen LogP contribution in [0.1, 0.15) is 49.9 Å². The Morgan fingerprint density at radius 2 is 2.04 bits per heavy atom. The highest BCUT2D eigenvalue weighted by Gasteiger charge is 2.31. The second-order valence-corrected chi connectivity index (χ2v) is 8.87. The third-order valence-electron chi connectivity index (χ3n) is 5.84. The molecule has 6 heteroatoms. The van der Waals surface area contributed by atoms with Crippen LogP contribution in [0.15, 0.2) is 22.5 Å². The second kappa shape index (κ2) is 11.0. The normalized spacial score (nSPS) is 25.5. The van der Waals surface area contributed by atoms with Crippen LogP contribution in [0, 0.1) is 5.92 Å². The van der Waals surface area contributed by atoms with E-state index in [1.807, 2.05) is 11.3 Å². The number of likely N-dealkylation sites (tertiary alicyclic amines) is 2. The fourth-order valence-corrected chi connectivity index (χ4v) is 5.41. The Labute approximate surface area is 169 Å². The average Bonchev–Trinajstić information content (AvgIpc) is 3.21. The van der Waals surface area contributed by atoms with Crippen molar-refractivity contribution >= 4 is 17.3 Å². The van der Waals surface area contributed by atoms with Gasteiger partial charge in [-0.1, -0.05) is 12.5 Å². The number of piperidine rings is 2. The van der Waals surface area contributed by atoms with Gasteiger partial charge < -0.3 is 15.5 Å². The first-order valence-electron chi connectivity index (χ1n) is 10.8. The third kappa shape index (κ3) is 6.19. The maximum atomic E-state index is 4.97. The molecule has 2 saturated heterocycles. The van der Waals surface area contributed by atoms with E-state index in [4.69, 9.17) is 4.99 Å². The summed E-state index contributed by atoms with van der Waals surface area (Å²) in [6.45, 7) is 9.75. The SMILES string of the molecule is CCNC(=NCC1CCCN(C)C1c1cccs1)NCCN1CCCCC1. The summed E-state index contributed by atoms with van der Waals surface area (Å²) in [4.78, 5) is 11.5. The minimum absolute atomic E-state index is 0.513. The molecule has 5 nitrogen and oxygen atoms in total. The van der Waals surface area contributed by atoms with Crippen molar-refractivity contribution in [1.82, 2.24) is 20.4 Å². The minimum atomic E-state index is 0.513. The van der Waals surface area contributed by atoms with Crippen LogP contribution >= 0.6 is 11.3 Å². The van der Waals surface area contributed by atoms with Crippen LogP contribution in [-0.2, 0) is 0 Å². The summed E-state index contributed by atoms with van der Waals surface area (Å²) in [7, 11) is 2.27. The highest BCUT2D eigenvalue weighted by atomic mass is 32.1. The maximum absolute atomic E-state index is 4.97. The van der Waals surface area contributed by atoms with E-state index in [1.165, 1.54) is 56.6 Å². The molecule has 0 aromatic carbocycles. The van der Waals surface area contributed by atoms with Crippen molar-refractivity contribution in [2.24, 2.45) is 10.9 Å². The van der Waals surface area contributed by atoms with E-state index in [0.717, 1.165) is 32.1 Å². The number of rotatable bonds is 7. The summed E-state index contributed by atoms with van der Waals surface area (Å²) in [5.74, 6) is 1.58. The van der Waals surface area contributed by atoms with Gasteiger partial charge in [-0.3, -0.25) is 9.89 Å². The van der Waals surface area contributed by atoms with Gasteiger partial charge in [0.25, 0.3) is 0 Å². The summed E-state index contributed by atoms with van der Waals surface area (Å²) in [5.41, 5.74) is 0. The minimum Gasteiger partial charge on any atom is -0.357 e. The first-order chi connectivity index (χ1) is 13.3. The molecule has 3 heterocycles. The molecule has 0 spiro atoms. The van der Waals surface area contributed by atoms with E-state index in [2.05, 4.69) is 51.9 Å². The number of guanidine groups is 1. The first-order valence-corrected chi connectivity index (χ1v) is 11.6. The Morgan fingerprint density at radius 1 is 1.19 bits per heavy atom. The molecule has 0 aliphatic carbocycles. The first kappa shape index (κ1) is 20.6. The highest BCUT2D eigenvalue weighted by Crippen LogP contribution is 2.37. The van der Waals surface area contributed by atoms with Crippen LogP contribution in [0.2, 0.25) is 0 Å². The molecule has 2 atom stereocenters. The smallest absolute Gasteiger partial charge is 0.191 e. The molecule has 2 aliphatic rings. The van der Waals surface area contributed by atoms with Gasteiger partial charge in [-0.05, 0) is 76.7 Å². The lowest BCUT2D eigenvalue weighted by Crippen LogP contribution is -2.43. The molecule has 2 fully saturated rings. The van der Waals surface area contributed by atoms with Crippen LogP contribution in [-0.4, -0.2) is 68.6 Å². The monoisotopic (exact) mass is 391 g/mol. The number of thiophene rings is 1. The van der Waals surface area contributed by atoms with Crippen molar-refractivity contribution in [2.45, 2.75) is 45.1 Å². The lowest BCUT2D eigenvalue weighted by Gasteiger charge is -2.38. The zero-order valence-electron chi connectivity index (χ0n) is 17.1. The van der Waals surface area contributed by atoms with Crippen molar-refractivity contribution in [3.8, 4) is 0 Å². The Kier molecular flexibility index (Phi) is 8.42. The quantitative estimate of drug-likeness (QED) is 0.553. The molecular formula is C21H37N5S. The Hall–Kier alpha value is -1.11. The van der Waals surface area contributed by atoms with Crippen molar-refractivity contribution in [1.29, 1.82) is 0 Å². The van der Waals surface area contributed by atoms with Crippen LogP contribution in [0.5, 0.6) is 0 Å². The van der Waals surface area contributed by atoms with Gasteiger partial charge in [-0.2, -0.15) is 0 Å². The lowest BCUT2D eigenvalue weighted by molar-refractivity contribution is 0.128. The second-order valence-electron chi connectivity index (χ2n) is 7.89. The van der Waals surface area contributed by atoms with Gasteiger partial charge in [-0.15, -0.1) is 11.3 Å². The Bertz CT molecular complexity index is 553. The van der Waals surface area contributed by atoms with Crippen LogP contribution in [0.4, 0.5) is 0 Å². The van der Waals surface area contributed by atoms with Crippen molar-refractivity contribution in [3.05, 3.63) is 22.4 Å². The van der Waals surface area contributed by atoms with Gasteiger partial charge in [0.05, 0.1) is 0 Å². The topological polar surface area (TPSA) is 42.9 Å². The molecule has 1 aromatic rings.